The van der Waals surface area contributed by atoms with Crippen LogP contribution in [0.5, 0.6) is 0 Å². The number of hydrogen-bond acceptors (Lipinski definition) is 4. The summed E-state index contributed by atoms with van der Waals surface area (Å²) < 4.78 is 6.10. The normalized spacial score (nSPS) is 19.4. The maximum absolute atomic E-state index is 10.8. The first-order valence-corrected chi connectivity index (χ1v) is 9.51. The van der Waals surface area contributed by atoms with Crippen LogP contribution in [0.15, 0.2) is 28.7 Å². The molecule has 3 rings (SSSR count). The van der Waals surface area contributed by atoms with Crippen molar-refractivity contribution in [2.24, 2.45) is 5.92 Å². The molecule has 1 fully saturated rings. The van der Waals surface area contributed by atoms with Crippen molar-refractivity contribution >= 4 is 17.6 Å². The Morgan fingerprint density at radius 2 is 2.15 bits per heavy atom. The number of benzene rings is 1. The highest BCUT2D eigenvalue weighted by molar-refractivity contribution is 6.30. The molecule has 0 radical (unpaired) electrons. The van der Waals surface area contributed by atoms with E-state index < -0.39 is 5.97 Å². The zero-order chi connectivity index (χ0) is 18.7. The third-order valence-electron chi connectivity index (χ3n) is 5.14. The van der Waals surface area contributed by atoms with Crippen molar-refractivity contribution in [3.05, 3.63) is 40.9 Å². The lowest BCUT2D eigenvalue weighted by Gasteiger charge is -2.35. The maximum Gasteiger partial charge on any atom is 0.303 e. The molecule has 1 saturated heterocycles. The second kappa shape index (κ2) is 8.23. The summed E-state index contributed by atoms with van der Waals surface area (Å²) in [5.74, 6) is 1.20. The van der Waals surface area contributed by atoms with Crippen LogP contribution in [0.2, 0.25) is 5.02 Å². The highest BCUT2D eigenvalue weighted by atomic mass is 35.5. The zero-order valence-electron chi connectivity index (χ0n) is 15.2. The SMILES string of the molecule is Cc1nc(C(C)N2CCCC(CCC(=O)O)C2)oc1-c1ccc(Cl)cc1. The fourth-order valence-electron chi connectivity index (χ4n) is 3.63. The molecule has 5 nitrogen and oxygen atoms in total. The minimum atomic E-state index is -0.717. The molecule has 1 aliphatic heterocycles. The average molecular weight is 377 g/mol. The lowest BCUT2D eigenvalue weighted by Crippen LogP contribution is -2.37. The Kier molecular flexibility index (Phi) is 5.99. The van der Waals surface area contributed by atoms with Crippen molar-refractivity contribution in [1.82, 2.24) is 9.88 Å². The zero-order valence-corrected chi connectivity index (χ0v) is 16.0. The maximum atomic E-state index is 10.8. The largest absolute Gasteiger partial charge is 0.481 e. The predicted molar refractivity (Wildman–Crippen MR) is 101 cm³/mol. The summed E-state index contributed by atoms with van der Waals surface area (Å²) >= 11 is 5.97. The van der Waals surface area contributed by atoms with Gasteiger partial charge in [0.2, 0.25) is 5.89 Å². The average Bonchev–Trinajstić information content (AvgIpc) is 3.02. The highest BCUT2D eigenvalue weighted by Crippen LogP contribution is 2.32. The predicted octanol–water partition coefficient (Wildman–Crippen LogP) is 4.94. The summed E-state index contributed by atoms with van der Waals surface area (Å²) in [4.78, 5) is 17.8. The van der Waals surface area contributed by atoms with Crippen LogP contribution in [0.3, 0.4) is 0 Å². The Bertz CT molecular complexity index is 757. The number of aryl methyl sites for hydroxylation is 1. The Morgan fingerprint density at radius 1 is 1.42 bits per heavy atom. The molecule has 0 bridgehead atoms. The monoisotopic (exact) mass is 376 g/mol. The summed E-state index contributed by atoms with van der Waals surface area (Å²) in [5.41, 5.74) is 1.84. The molecule has 0 amide bonds. The number of likely N-dealkylation sites (tertiary alicyclic amines) is 1. The van der Waals surface area contributed by atoms with Gasteiger partial charge in [0.1, 0.15) is 0 Å². The molecule has 1 aromatic carbocycles. The Balaban J connectivity index is 1.71. The van der Waals surface area contributed by atoms with Crippen LogP contribution < -0.4 is 0 Å². The first-order chi connectivity index (χ1) is 12.4. The van der Waals surface area contributed by atoms with Crippen LogP contribution in [-0.4, -0.2) is 34.0 Å². The number of rotatable bonds is 6. The molecule has 6 heteroatoms. The van der Waals surface area contributed by atoms with Gasteiger partial charge in [-0.05, 0) is 69.8 Å². The summed E-state index contributed by atoms with van der Waals surface area (Å²) in [6.45, 7) is 5.95. The molecule has 2 aromatic rings. The van der Waals surface area contributed by atoms with E-state index in [1.807, 2.05) is 31.2 Å². The van der Waals surface area contributed by atoms with Gasteiger partial charge in [-0.25, -0.2) is 4.98 Å². The van der Waals surface area contributed by atoms with Gasteiger partial charge in [-0.2, -0.15) is 0 Å². The molecule has 2 heterocycles. The number of carboxylic acids is 1. The van der Waals surface area contributed by atoms with Gasteiger partial charge in [-0.3, -0.25) is 9.69 Å². The van der Waals surface area contributed by atoms with Crippen LogP contribution in [0.25, 0.3) is 11.3 Å². The van der Waals surface area contributed by atoms with Crippen LogP contribution in [-0.2, 0) is 4.79 Å². The topological polar surface area (TPSA) is 66.6 Å². The molecule has 1 N–H and O–H groups in total. The number of nitrogens with zero attached hydrogens (tertiary/aromatic N) is 2. The van der Waals surface area contributed by atoms with Crippen molar-refractivity contribution in [3.8, 4) is 11.3 Å². The summed E-state index contributed by atoms with van der Waals surface area (Å²) in [6.07, 6.45) is 3.15. The fourth-order valence-corrected chi connectivity index (χ4v) is 3.76. The summed E-state index contributed by atoms with van der Waals surface area (Å²) in [6, 6.07) is 7.64. The molecule has 26 heavy (non-hydrogen) atoms. The smallest absolute Gasteiger partial charge is 0.303 e. The number of carbonyl (C=O) groups is 1. The molecule has 2 unspecified atom stereocenters. The fraction of sp³-hybridized carbons (Fsp3) is 0.500. The number of hydrogen-bond donors (Lipinski definition) is 1. The molecule has 0 saturated carbocycles. The second-order valence-electron chi connectivity index (χ2n) is 7.09. The molecular weight excluding hydrogens is 352 g/mol. The number of aliphatic carboxylic acids is 1. The molecule has 1 aromatic heterocycles. The van der Waals surface area contributed by atoms with E-state index in [4.69, 9.17) is 21.1 Å². The van der Waals surface area contributed by atoms with Crippen LogP contribution in [0.4, 0.5) is 0 Å². The lowest BCUT2D eigenvalue weighted by atomic mass is 9.92. The molecule has 0 aliphatic carbocycles. The number of halogens is 1. The van der Waals surface area contributed by atoms with Gasteiger partial charge in [-0.1, -0.05) is 11.6 Å². The first-order valence-electron chi connectivity index (χ1n) is 9.13. The van der Waals surface area contributed by atoms with E-state index >= 15 is 0 Å². The van der Waals surface area contributed by atoms with Gasteiger partial charge in [0.15, 0.2) is 5.76 Å². The Labute approximate surface area is 159 Å². The third-order valence-corrected chi connectivity index (χ3v) is 5.39. The Morgan fingerprint density at radius 3 is 2.85 bits per heavy atom. The lowest BCUT2D eigenvalue weighted by molar-refractivity contribution is -0.137. The number of piperidine rings is 1. The van der Waals surface area contributed by atoms with Crippen molar-refractivity contribution in [2.45, 2.75) is 45.6 Å². The van der Waals surface area contributed by atoms with Crippen molar-refractivity contribution in [2.75, 3.05) is 13.1 Å². The van der Waals surface area contributed by atoms with E-state index in [-0.39, 0.29) is 12.5 Å². The van der Waals surface area contributed by atoms with Crippen molar-refractivity contribution < 1.29 is 14.3 Å². The molecule has 0 spiro atoms. The summed E-state index contributed by atoms with van der Waals surface area (Å²) in [7, 11) is 0. The van der Waals surface area contributed by atoms with E-state index in [9.17, 15) is 4.79 Å². The summed E-state index contributed by atoms with van der Waals surface area (Å²) in [5, 5.41) is 9.60. The van der Waals surface area contributed by atoms with E-state index in [0.29, 0.717) is 16.8 Å². The Hall–Kier alpha value is -1.85. The molecule has 1 aliphatic rings. The third kappa shape index (κ3) is 4.46. The molecule has 2 atom stereocenters. The van der Waals surface area contributed by atoms with Gasteiger partial charge in [0, 0.05) is 23.6 Å². The van der Waals surface area contributed by atoms with Crippen molar-refractivity contribution in [1.29, 1.82) is 0 Å². The van der Waals surface area contributed by atoms with E-state index in [2.05, 4.69) is 16.8 Å². The molecular formula is C20H25ClN2O3. The second-order valence-corrected chi connectivity index (χ2v) is 7.52. The highest BCUT2D eigenvalue weighted by Gasteiger charge is 2.28. The number of aromatic nitrogens is 1. The van der Waals surface area contributed by atoms with Gasteiger partial charge in [0.05, 0.1) is 11.7 Å². The first kappa shape index (κ1) is 18.9. The van der Waals surface area contributed by atoms with Crippen LogP contribution in [0, 0.1) is 12.8 Å². The van der Waals surface area contributed by atoms with Gasteiger partial charge in [0.25, 0.3) is 0 Å². The van der Waals surface area contributed by atoms with Crippen LogP contribution in [0.1, 0.15) is 50.2 Å². The van der Waals surface area contributed by atoms with Crippen LogP contribution >= 0.6 is 11.6 Å². The van der Waals surface area contributed by atoms with Gasteiger partial charge >= 0.3 is 5.97 Å². The van der Waals surface area contributed by atoms with E-state index in [0.717, 1.165) is 49.4 Å². The number of oxazole rings is 1. The number of carboxylic acid groups (broad SMARTS) is 1. The quantitative estimate of drug-likeness (QED) is 0.773. The minimum Gasteiger partial charge on any atom is -0.481 e. The minimum absolute atomic E-state index is 0.0716. The van der Waals surface area contributed by atoms with Gasteiger partial charge < -0.3 is 9.52 Å². The van der Waals surface area contributed by atoms with Gasteiger partial charge in [-0.15, -0.1) is 0 Å². The molecule has 140 valence electrons. The van der Waals surface area contributed by atoms with E-state index in [1.165, 1.54) is 0 Å². The van der Waals surface area contributed by atoms with E-state index in [1.54, 1.807) is 0 Å². The standard InChI is InChI=1S/C20H25ClN2O3/c1-13-19(16-6-8-17(21)9-7-16)26-20(22-13)14(2)23-11-3-4-15(12-23)5-10-18(24)25/h6-9,14-15H,3-5,10-12H2,1-2H3,(H,24,25). The van der Waals surface area contributed by atoms with Crippen molar-refractivity contribution in [3.63, 3.8) is 0 Å².